The number of nitrogens with one attached hydrogen (secondary N) is 1. The lowest BCUT2D eigenvalue weighted by Gasteiger charge is -2.14. The Bertz CT molecular complexity index is 185. The Morgan fingerprint density at radius 2 is 2.00 bits per heavy atom. The summed E-state index contributed by atoms with van der Waals surface area (Å²) in [6, 6.07) is 2.21. The van der Waals surface area contributed by atoms with Gasteiger partial charge in [-0.3, -0.25) is 0 Å². The van der Waals surface area contributed by atoms with Crippen LogP contribution in [-0.4, -0.2) is 19.5 Å². The maximum atomic E-state index is 11.7. The normalized spacial score (nSPS) is 11.7. The number of unbranched alkanes of at least 4 members (excludes halogenated alkanes) is 1. The number of rotatable bonds is 7. The molecule has 0 aliphatic rings. The van der Waals surface area contributed by atoms with Crippen LogP contribution < -0.4 is 5.32 Å². The molecule has 0 radical (unpaired) electrons. The molecule has 1 N–H and O–H groups in total. The molecule has 0 rings (SSSR count). The zero-order chi connectivity index (χ0) is 11.0. The molecule has 0 aromatic carbocycles. The Balaban J connectivity index is 3.27. The Morgan fingerprint density at radius 1 is 1.36 bits per heavy atom. The second-order valence-corrected chi connectivity index (χ2v) is 4.05. The molecular formula is C10H18F2N2. The Kier molecular flexibility index (Phi) is 6.39. The maximum Gasteiger partial charge on any atom is 0.250 e. The fourth-order valence-corrected chi connectivity index (χ4v) is 1.08. The SMILES string of the molecule is CC(C)(C#N)CCCCNCC(F)F. The summed E-state index contributed by atoms with van der Waals surface area (Å²) in [4.78, 5) is 0. The van der Waals surface area contributed by atoms with E-state index in [0.29, 0.717) is 6.54 Å². The molecule has 0 spiro atoms. The summed E-state index contributed by atoms with van der Waals surface area (Å²) in [7, 11) is 0. The van der Waals surface area contributed by atoms with Gasteiger partial charge in [0, 0.05) is 0 Å². The molecule has 0 amide bonds. The summed E-state index contributed by atoms with van der Waals surface area (Å²) in [5, 5.41) is 11.4. The van der Waals surface area contributed by atoms with Crippen molar-refractivity contribution in [2.75, 3.05) is 13.1 Å². The van der Waals surface area contributed by atoms with Gasteiger partial charge in [0.2, 0.25) is 0 Å². The van der Waals surface area contributed by atoms with Gasteiger partial charge in [-0.05, 0) is 33.2 Å². The molecule has 14 heavy (non-hydrogen) atoms. The molecule has 0 unspecified atom stereocenters. The van der Waals surface area contributed by atoms with E-state index in [1.165, 1.54) is 0 Å². The second-order valence-electron chi connectivity index (χ2n) is 4.05. The monoisotopic (exact) mass is 204 g/mol. The molecule has 82 valence electrons. The van der Waals surface area contributed by atoms with E-state index in [-0.39, 0.29) is 12.0 Å². The van der Waals surface area contributed by atoms with Crippen LogP contribution in [0.3, 0.4) is 0 Å². The van der Waals surface area contributed by atoms with Crippen LogP contribution in [0.4, 0.5) is 8.78 Å². The fraction of sp³-hybridized carbons (Fsp3) is 0.900. The minimum atomic E-state index is -2.27. The first-order valence-electron chi connectivity index (χ1n) is 4.88. The zero-order valence-electron chi connectivity index (χ0n) is 8.82. The molecule has 0 heterocycles. The van der Waals surface area contributed by atoms with Crippen molar-refractivity contribution in [2.24, 2.45) is 5.41 Å². The van der Waals surface area contributed by atoms with Crippen LogP contribution in [0.2, 0.25) is 0 Å². The Hall–Kier alpha value is -0.690. The largest absolute Gasteiger partial charge is 0.311 e. The quantitative estimate of drug-likeness (QED) is 0.647. The van der Waals surface area contributed by atoms with Crippen molar-refractivity contribution in [1.82, 2.24) is 5.32 Å². The summed E-state index contributed by atoms with van der Waals surface area (Å²) in [5.41, 5.74) is -0.289. The van der Waals surface area contributed by atoms with Crippen LogP contribution >= 0.6 is 0 Å². The highest BCUT2D eigenvalue weighted by atomic mass is 19.3. The van der Waals surface area contributed by atoms with E-state index in [4.69, 9.17) is 5.26 Å². The molecule has 0 aliphatic carbocycles. The van der Waals surface area contributed by atoms with Gasteiger partial charge in [-0.2, -0.15) is 5.26 Å². The van der Waals surface area contributed by atoms with Gasteiger partial charge in [-0.1, -0.05) is 6.42 Å². The smallest absolute Gasteiger partial charge is 0.250 e. The van der Waals surface area contributed by atoms with Crippen LogP contribution in [0.5, 0.6) is 0 Å². The van der Waals surface area contributed by atoms with Crippen molar-refractivity contribution in [3.05, 3.63) is 0 Å². The van der Waals surface area contributed by atoms with Gasteiger partial charge in [0.25, 0.3) is 6.43 Å². The van der Waals surface area contributed by atoms with Crippen LogP contribution in [-0.2, 0) is 0 Å². The van der Waals surface area contributed by atoms with Gasteiger partial charge in [-0.25, -0.2) is 8.78 Å². The molecule has 0 fully saturated rings. The predicted octanol–water partition coefficient (Wildman–Crippen LogP) is 2.56. The van der Waals surface area contributed by atoms with Gasteiger partial charge >= 0.3 is 0 Å². The third kappa shape index (κ3) is 7.93. The van der Waals surface area contributed by atoms with Crippen LogP contribution in [0.1, 0.15) is 33.1 Å². The molecule has 0 aromatic heterocycles. The number of nitriles is 1. The highest BCUT2D eigenvalue weighted by Gasteiger charge is 2.15. The number of nitrogens with zero attached hydrogens (tertiary/aromatic N) is 1. The Morgan fingerprint density at radius 3 is 2.50 bits per heavy atom. The van der Waals surface area contributed by atoms with Gasteiger partial charge in [0.05, 0.1) is 18.0 Å². The average molecular weight is 204 g/mol. The minimum Gasteiger partial charge on any atom is -0.311 e. The first-order valence-corrected chi connectivity index (χ1v) is 4.88. The predicted molar refractivity (Wildman–Crippen MR) is 52.1 cm³/mol. The highest BCUT2D eigenvalue weighted by Crippen LogP contribution is 2.21. The van der Waals surface area contributed by atoms with Crippen LogP contribution in [0, 0.1) is 16.7 Å². The standard InChI is InChI=1S/C10H18F2N2/c1-10(2,8-13)5-3-4-6-14-7-9(11)12/h9,14H,3-7H2,1-2H3. The molecule has 0 aromatic rings. The average Bonchev–Trinajstić information content (AvgIpc) is 2.10. The molecular weight excluding hydrogens is 186 g/mol. The molecule has 4 heteroatoms. The molecule has 0 bridgehead atoms. The van der Waals surface area contributed by atoms with E-state index in [0.717, 1.165) is 19.3 Å². The molecule has 0 saturated heterocycles. The number of hydrogen-bond donors (Lipinski definition) is 1. The third-order valence-corrected chi connectivity index (χ3v) is 2.01. The number of alkyl halides is 2. The molecule has 2 nitrogen and oxygen atoms in total. The first kappa shape index (κ1) is 13.3. The zero-order valence-corrected chi connectivity index (χ0v) is 8.82. The summed E-state index contributed by atoms with van der Waals surface area (Å²) < 4.78 is 23.4. The van der Waals surface area contributed by atoms with Crippen molar-refractivity contribution in [1.29, 1.82) is 5.26 Å². The summed E-state index contributed by atoms with van der Waals surface area (Å²) in [6.07, 6.45) is 0.291. The van der Waals surface area contributed by atoms with Crippen molar-refractivity contribution >= 4 is 0 Å². The van der Waals surface area contributed by atoms with E-state index >= 15 is 0 Å². The van der Waals surface area contributed by atoms with E-state index < -0.39 is 6.43 Å². The van der Waals surface area contributed by atoms with E-state index in [1.54, 1.807) is 0 Å². The van der Waals surface area contributed by atoms with Gasteiger partial charge in [0.15, 0.2) is 0 Å². The van der Waals surface area contributed by atoms with Gasteiger partial charge in [0.1, 0.15) is 0 Å². The number of halogens is 2. The fourth-order valence-electron chi connectivity index (χ4n) is 1.08. The van der Waals surface area contributed by atoms with Crippen LogP contribution in [0.15, 0.2) is 0 Å². The van der Waals surface area contributed by atoms with E-state index in [2.05, 4.69) is 11.4 Å². The lowest BCUT2D eigenvalue weighted by molar-refractivity contribution is 0.146. The maximum absolute atomic E-state index is 11.7. The first-order chi connectivity index (χ1) is 6.48. The Labute approximate surface area is 84.3 Å². The van der Waals surface area contributed by atoms with Crippen molar-refractivity contribution in [3.63, 3.8) is 0 Å². The lowest BCUT2D eigenvalue weighted by Crippen LogP contribution is -2.22. The van der Waals surface area contributed by atoms with Crippen LogP contribution in [0.25, 0.3) is 0 Å². The van der Waals surface area contributed by atoms with Gasteiger partial charge in [-0.15, -0.1) is 0 Å². The molecule has 0 aliphatic heterocycles. The van der Waals surface area contributed by atoms with Crippen molar-refractivity contribution in [2.45, 2.75) is 39.5 Å². The van der Waals surface area contributed by atoms with Crippen molar-refractivity contribution < 1.29 is 8.78 Å². The second kappa shape index (κ2) is 6.72. The summed E-state index contributed by atoms with van der Waals surface area (Å²) in [5.74, 6) is 0. The highest BCUT2D eigenvalue weighted by molar-refractivity contribution is 4.91. The molecule has 0 atom stereocenters. The minimum absolute atomic E-state index is 0.234. The third-order valence-electron chi connectivity index (χ3n) is 2.01. The topological polar surface area (TPSA) is 35.8 Å². The lowest BCUT2D eigenvalue weighted by atomic mass is 9.89. The van der Waals surface area contributed by atoms with Gasteiger partial charge < -0.3 is 5.32 Å². The van der Waals surface area contributed by atoms with Crippen molar-refractivity contribution in [3.8, 4) is 6.07 Å². The van der Waals surface area contributed by atoms with E-state index in [9.17, 15) is 8.78 Å². The summed E-state index contributed by atoms with van der Waals surface area (Å²) in [6.45, 7) is 4.15. The molecule has 0 saturated carbocycles. The number of hydrogen-bond acceptors (Lipinski definition) is 2. The summed E-state index contributed by atoms with van der Waals surface area (Å²) >= 11 is 0. The van der Waals surface area contributed by atoms with E-state index in [1.807, 2.05) is 13.8 Å².